The monoisotopic (exact) mass is 180 g/mol. The molecule has 0 heterocycles. The van der Waals surface area contributed by atoms with Crippen LogP contribution in [0.2, 0.25) is 0 Å². The lowest BCUT2D eigenvalue weighted by Gasteiger charge is -1.72. The van der Waals surface area contributed by atoms with Gasteiger partial charge in [0.2, 0.25) is 0 Å². The lowest BCUT2D eigenvalue weighted by Crippen LogP contribution is -1.83. The van der Waals surface area contributed by atoms with Crippen molar-refractivity contribution in [2.75, 3.05) is 0 Å². The Kier molecular flexibility index (Phi) is 14.0. The third kappa shape index (κ3) is 25.1. The van der Waals surface area contributed by atoms with Crippen LogP contribution < -0.4 is 0 Å². The minimum Gasteiger partial charge on any atom is -0.478 e. The van der Waals surface area contributed by atoms with Crippen molar-refractivity contribution in [2.24, 2.45) is 0 Å². The minimum absolute atomic E-state index is 0.914. The molecule has 13 heavy (non-hydrogen) atoms. The zero-order valence-corrected chi connectivity index (χ0v) is 8.10. The molecule has 0 atom stereocenters. The van der Waals surface area contributed by atoms with E-state index in [1.807, 2.05) is 26.0 Å². The highest BCUT2D eigenvalue weighted by Gasteiger charge is 1.78. The Balaban J connectivity index is 0. The van der Waals surface area contributed by atoms with Crippen LogP contribution in [0.5, 0.6) is 0 Å². The van der Waals surface area contributed by atoms with Crippen molar-refractivity contribution in [2.45, 2.75) is 13.8 Å². The fourth-order valence-corrected chi connectivity index (χ4v) is 0.385. The molecule has 1 N–H and O–H groups in total. The van der Waals surface area contributed by atoms with Crippen LogP contribution in [0.25, 0.3) is 0 Å². The van der Waals surface area contributed by atoms with E-state index in [9.17, 15) is 4.79 Å². The number of carbonyl (C=O) groups is 1. The van der Waals surface area contributed by atoms with Gasteiger partial charge in [0, 0.05) is 6.08 Å². The van der Waals surface area contributed by atoms with E-state index in [1.165, 1.54) is 6.08 Å². The summed E-state index contributed by atoms with van der Waals surface area (Å²) in [4.78, 5) is 9.75. The number of allylic oxidation sites excluding steroid dienone is 6. The van der Waals surface area contributed by atoms with Crippen molar-refractivity contribution in [3.8, 4) is 0 Å². The van der Waals surface area contributed by atoms with Crippen molar-refractivity contribution in [3.63, 3.8) is 0 Å². The molecule has 2 nitrogen and oxygen atoms in total. The van der Waals surface area contributed by atoms with Gasteiger partial charge in [-0.25, -0.2) is 4.79 Å². The van der Waals surface area contributed by atoms with E-state index in [1.54, 1.807) is 18.2 Å². The Morgan fingerprint density at radius 2 is 1.69 bits per heavy atom. The maximum absolute atomic E-state index is 9.75. The van der Waals surface area contributed by atoms with Gasteiger partial charge in [0.15, 0.2) is 0 Å². The van der Waals surface area contributed by atoms with E-state index in [0.717, 1.165) is 6.08 Å². The maximum Gasteiger partial charge on any atom is 0.328 e. The zero-order valence-electron chi connectivity index (χ0n) is 8.10. The second-order valence-electron chi connectivity index (χ2n) is 1.98. The third-order valence-corrected chi connectivity index (χ3v) is 0.871. The van der Waals surface area contributed by atoms with Crippen molar-refractivity contribution in [1.82, 2.24) is 0 Å². The van der Waals surface area contributed by atoms with Gasteiger partial charge < -0.3 is 5.11 Å². The number of hydrogen-bond donors (Lipinski definition) is 1. The zero-order chi connectivity index (χ0) is 10.5. The largest absolute Gasteiger partial charge is 0.478 e. The van der Waals surface area contributed by atoms with Crippen molar-refractivity contribution in [3.05, 3.63) is 49.1 Å². The quantitative estimate of drug-likeness (QED) is 0.535. The standard InChI is InChI=1S/C6H8O2.C5H8/c1-2-3-4-5-6(7)8;1-3-5-4-2/h2-5H,1H3,(H,7,8);3-5H,1H2,2H3/b3-2+,5-4+;5-4+. The molecule has 0 rings (SSSR count). The molecule has 0 aliphatic rings. The van der Waals surface area contributed by atoms with Gasteiger partial charge in [-0.15, -0.1) is 0 Å². The molecule has 0 fully saturated rings. The predicted molar refractivity (Wildman–Crippen MR) is 56.6 cm³/mol. The maximum atomic E-state index is 9.75. The Bertz CT molecular complexity index is 210. The summed E-state index contributed by atoms with van der Waals surface area (Å²) in [6.07, 6.45) is 11.6. The summed E-state index contributed by atoms with van der Waals surface area (Å²) < 4.78 is 0. The second-order valence-corrected chi connectivity index (χ2v) is 1.98. The van der Waals surface area contributed by atoms with Crippen LogP contribution in [0.1, 0.15) is 13.8 Å². The molecule has 0 saturated carbocycles. The highest BCUT2D eigenvalue weighted by atomic mass is 16.4. The molecule has 0 spiro atoms. The van der Waals surface area contributed by atoms with Crippen LogP contribution in [0.15, 0.2) is 49.1 Å². The highest BCUT2D eigenvalue weighted by Crippen LogP contribution is 1.74. The van der Waals surface area contributed by atoms with Crippen molar-refractivity contribution in [1.29, 1.82) is 0 Å². The summed E-state index contributed by atoms with van der Waals surface area (Å²) in [7, 11) is 0. The molecular formula is C11H16O2. The fraction of sp³-hybridized carbons (Fsp3) is 0.182. The first-order valence-electron chi connectivity index (χ1n) is 3.95. The number of hydrogen-bond acceptors (Lipinski definition) is 1. The van der Waals surface area contributed by atoms with Crippen LogP contribution in [0.4, 0.5) is 0 Å². The summed E-state index contributed by atoms with van der Waals surface area (Å²) in [5, 5.41) is 8.02. The molecule has 0 saturated heterocycles. The first-order chi connectivity index (χ1) is 6.18. The van der Waals surface area contributed by atoms with Crippen LogP contribution in [0.3, 0.4) is 0 Å². The highest BCUT2D eigenvalue weighted by molar-refractivity contribution is 5.80. The van der Waals surface area contributed by atoms with E-state index in [-0.39, 0.29) is 0 Å². The van der Waals surface area contributed by atoms with Crippen LogP contribution >= 0.6 is 0 Å². The van der Waals surface area contributed by atoms with Crippen LogP contribution in [-0.4, -0.2) is 11.1 Å². The normalized spacial score (nSPS) is 10.3. The van der Waals surface area contributed by atoms with E-state index in [2.05, 4.69) is 6.58 Å². The summed E-state index contributed by atoms with van der Waals surface area (Å²) >= 11 is 0. The predicted octanol–water partition coefficient (Wildman–Crippen LogP) is 2.95. The molecule has 0 aromatic heterocycles. The first-order valence-corrected chi connectivity index (χ1v) is 3.95. The Morgan fingerprint density at radius 3 is 1.92 bits per heavy atom. The molecular weight excluding hydrogens is 164 g/mol. The molecule has 0 radical (unpaired) electrons. The third-order valence-electron chi connectivity index (χ3n) is 0.871. The second kappa shape index (κ2) is 13.1. The lowest BCUT2D eigenvalue weighted by atomic mass is 10.4. The molecule has 72 valence electrons. The average molecular weight is 180 g/mol. The molecule has 0 amide bonds. The first kappa shape index (κ1) is 14.0. The molecule has 0 unspecified atom stereocenters. The summed E-state index contributed by atoms with van der Waals surface area (Å²) in [5.41, 5.74) is 0. The van der Waals surface area contributed by atoms with Gasteiger partial charge in [-0.3, -0.25) is 0 Å². The van der Waals surface area contributed by atoms with E-state index in [0.29, 0.717) is 0 Å². The van der Waals surface area contributed by atoms with Crippen molar-refractivity contribution >= 4 is 5.97 Å². The van der Waals surface area contributed by atoms with Crippen LogP contribution in [0, 0.1) is 0 Å². The Labute approximate surface area is 79.6 Å². The summed E-state index contributed by atoms with van der Waals surface area (Å²) in [6, 6.07) is 0. The molecule has 2 heteroatoms. The van der Waals surface area contributed by atoms with Crippen molar-refractivity contribution < 1.29 is 9.90 Å². The van der Waals surface area contributed by atoms with Gasteiger partial charge in [0.05, 0.1) is 0 Å². The van der Waals surface area contributed by atoms with Gasteiger partial charge in [-0.1, -0.05) is 43.0 Å². The lowest BCUT2D eigenvalue weighted by molar-refractivity contribution is -0.131. The van der Waals surface area contributed by atoms with E-state index < -0.39 is 5.97 Å². The van der Waals surface area contributed by atoms with Gasteiger partial charge in [-0.2, -0.15) is 0 Å². The molecule has 0 bridgehead atoms. The number of aliphatic carboxylic acids is 1. The van der Waals surface area contributed by atoms with Gasteiger partial charge in [0.1, 0.15) is 0 Å². The SMILES string of the molecule is C/C=C/C=C/C(=O)O.C=C/C=C/C. The average Bonchev–Trinajstić information content (AvgIpc) is 2.07. The van der Waals surface area contributed by atoms with Gasteiger partial charge in [0.25, 0.3) is 0 Å². The number of rotatable bonds is 3. The number of carboxylic acid groups (broad SMARTS) is 1. The summed E-state index contributed by atoms with van der Waals surface area (Å²) in [6.45, 7) is 7.25. The molecule has 0 aliphatic carbocycles. The van der Waals surface area contributed by atoms with E-state index in [4.69, 9.17) is 5.11 Å². The number of carboxylic acids is 1. The Morgan fingerprint density at radius 1 is 1.15 bits per heavy atom. The smallest absolute Gasteiger partial charge is 0.328 e. The van der Waals surface area contributed by atoms with Crippen LogP contribution in [-0.2, 0) is 4.79 Å². The van der Waals surface area contributed by atoms with Gasteiger partial charge in [-0.05, 0) is 13.8 Å². The van der Waals surface area contributed by atoms with E-state index >= 15 is 0 Å². The molecule has 0 aromatic rings. The van der Waals surface area contributed by atoms with Gasteiger partial charge >= 0.3 is 5.97 Å². The summed E-state index contributed by atoms with van der Waals surface area (Å²) in [5.74, 6) is -0.914. The minimum atomic E-state index is -0.914. The Hall–Kier alpha value is -1.57. The topological polar surface area (TPSA) is 37.3 Å². The molecule has 0 aromatic carbocycles. The fourth-order valence-electron chi connectivity index (χ4n) is 0.385. The molecule has 0 aliphatic heterocycles.